The van der Waals surface area contributed by atoms with Crippen molar-refractivity contribution in [1.29, 1.82) is 0 Å². The first-order valence-corrected chi connectivity index (χ1v) is 13.6. The van der Waals surface area contributed by atoms with Gasteiger partial charge >= 0.3 is 0 Å². The summed E-state index contributed by atoms with van der Waals surface area (Å²) >= 11 is 6.11. The van der Waals surface area contributed by atoms with Crippen LogP contribution in [0.2, 0.25) is 5.02 Å². The Labute approximate surface area is 232 Å². The molecule has 0 heterocycles. The Kier molecular flexibility index (Phi) is 10.8. The Balaban J connectivity index is 1.91. The van der Waals surface area contributed by atoms with E-state index in [1.165, 1.54) is 0 Å². The number of para-hydroxylation sites is 1. The maximum absolute atomic E-state index is 13.8. The van der Waals surface area contributed by atoms with Crippen LogP contribution in [0.3, 0.4) is 0 Å². The zero-order valence-electron chi connectivity index (χ0n) is 22.9. The number of hydrogen-bond acceptors (Lipinski definition) is 3. The van der Waals surface area contributed by atoms with Crippen LogP contribution in [0.4, 0.5) is 0 Å². The highest BCUT2D eigenvalue weighted by molar-refractivity contribution is 6.30. The minimum absolute atomic E-state index is 0.141. The van der Waals surface area contributed by atoms with Gasteiger partial charge in [-0.2, -0.15) is 0 Å². The Morgan fingerprint density at radius 3 is 2.24 bits per heavy atom. The highest BCUT2D eigenvalue weighted by Crippen LogP contribution is 2.31. The number of nitrogens with one attached hydrogen (secondary N) is 1. The number of ether oxygens (including phenoxy) is 1. The van der Waals surface area contributed by atoms with Gasteiger partial charge in [0.25, 0.3) is 5.91 Å². The van der Waals surface area contributed by atoms with E-state index in [0.717, 1.165) is 29.5 Å². The number of amides is 2. The molecule has 0 spiro atoms. The molecule has 2 amide bonds. The van der Waals surface area contributed by atoms with Crippen LogP contribution in [0.5, 0.6) is 5.75 Å². The molecule has 6 heteroatoms. The molecule has 5 nitrogen and oxygen atoms in total. The van der Waals surface area contributed by atoms with Crippen molar-refractivity contribution in [1.82, 2.24) is 10.2 Å². The first-order chi connectivity index (χ1) is 18.2. The average molecular weight is 535 g/mol. The fourth-order valence-electron chi connectivity index (χ4n) is 4.28. The van der Waals surface area contributed by atoms with E-state index in [1.807, 2.05) is 66.7 Å². The molecular formula is C32H39ClN2O3. The fraction of sp³-hybridized carbons (Fsp3) is 0.375. The molecule has 1 N–H and O–H groups in total. The lowest BCUT2D eigenvalue weighted by atomic mass is 9.86. The second kappa shape index (κ2) is 14.0. The lowest BCUT2D eigenvalue weighted by molar-refractivity contribution is -0.142. The number of rotatable bonds is 12. The van der Waals surface area contributed by atoms with Crippen molar-refractivity contribution >= 4 is 23.4 Å². The summed E-state index contributed by atoms with van der Waals surface area (Å²) < 4.78 is 6.10. The van der Waals surface area contributed by atoms with Crippen molar-refractivity contribution < 1.29 is 14.3 Å². The van der Waals surface area contributed by atoms with Crippen LogP contribution in [0.25, 0.3) is 0 Å². The molecule has 0 saturated heterocycles. The monoisotopic (exact) mass is 534 g/mol. The second-order valence-electron chi connectivity index (χ2n) is 10.5. The Bertz CT molecular complexity index is 1170. The Morgan fingerprint density at radius 2 is 1.58 bits per heavy atom. The zero-order chi connectivity index (χ0) is 27.5. The van der Waals surface area contributed by atoms with Crippen molar-refractivity contribution in [2.24, 2.45) is 0 Å². The minimum atomic E-state index is -0.695. The van der Waals surface area contributed by atoms with Crippen molar-refractivity contribution in [3.63, 3.8) is 0 Å². The predicted molar refractivity (Wildman–Crippen MR) is 154 cm³/mol. The molecule has 3 aromatic carbocycles. The van der Waals surface area contributed by atoms with Crippen LogP contribution in [0, 0.1) is 0 Å². The molecule has 0 saturated carbocycles. The smallest absolute Gasteiger partial charge is 0.261 e. The van der Waals surface area contributed by atoms with Gasteiger partial charge in [-0.3, -0.25) is 9.59 Å². The molecule has 1 atom stereocenters. The zero-order valence-corrected chi connectivity index (χ0v) is 23.6. The highest BCUT2D eigenvalue weighted by Gasteiger charge is 2.31. The van der Waals surface area contributed by atoms with E-state index < -0.39 is 6.04 Å². The third-order valence-electron chi connectivity index (χ3n) is 6.41. The largest absolute Gasteiger partial charge is 0.483 e. The predicted octanol–water partition coefficient (Wildman–Crippen LogP) is 6.57. The molecule has 0 unspecified atom stereocenters. The van der Waals surface area contributed by atoms with E-state index in [2.05, 4.69) is 33.0 Å². The van der Waals surface area contributed by atoms with E-state index >= 15 is 0 Å². The number of benzene rings is 3. The van der Waals surface area contributed by atoms with E-state index in [9.17, 15) is 9.59 Å². The molecule has 0 radical (unpaired) electrons. The van der Waals surface area contributed by atoms with E-state index in [1.54, 1.807) is 17.0 Å². The lowest BCUT2D eigenvalue weighted by Crippen LogP contribution is -2.51. The summed E-state index contributed by atoms with van der Waals surface area (Å²) in [6, 6.07) is 24.2. The number of unbranched alkanes of at least 4 members (excludes halogenated alkanes) is 1. The van der Waals surface area contributed by atoms with Gasteiger partial charge in [0.2, 0.25) is 5.91 Å². The summed E-state index contributed by atoms with van der Waals surface area (Å²) in [4.78, 5) is 29.0. The number of hydrogen-bond donors (Lipinski definition) is 1. The van der Waals surface area contributed by atoms with Gasteiger partial charge < -0.3 is 15.0 Å². The Morgan fingerprint density at radius 1 is 0.921 bits per heavy atom. The standard InChI is InChI=1S/C32H39ClN2O3/c1-5-6-20-34-31(37)28(21-24-12-8-7-9-13-24)35(22-25-16-18-26(33)19-17-25)30(36)23-38-29-15-11-10-14-27(29)32(2,3)4/h7-19,28H,5-6,20-23H2,1-4H3,(H,34,37)/t28-/m0/s1. The number of nitrogens with zero attached hydrogens (tertiary/aromatic N) is 1. The van der Waals surface area contributed by atoms with Crippen LogP contribution in [0.15, 0.2) is 78.9 Å². The van der Waals surface area contributed by atoms with E-state index in [4.69, 9.17) is 16.3 Å². The summed E-state index contributed by atoms with van der Waals surface area (Å²) in [5, 5.41) is 3.66. The van der Waals surface area contributed by atoms with Gasteiger partial charge in [-0.05, 0) is 46.7 Å². The van der Waals surface area contributed by atoms with Crippen LogP contribution in [-0.4, -0.2) is 35.9 Å². The number of carbonyl (C=O) groups is 2. The molecule has 3 aromatic rings. The minimum Gasteiger partial charge on any atom is -0.483 e. The van der Waals surface area contributed by atoms with Crippen molar-refractivity contribution in [2.75, 3.05) is 13.2 Å². The summed E-state index contributed by atoms with van der Waals surface area (Å²) in [5.74, 6) is 0.252. The van der Waals surface area contributed by atoms with E-state index in [-0.39, 0.29) is 30.4 Å². The molecular weight excluding hydrogens is 496 g/mol. The van der Waals surface area contributed by atoms with Gasteiger partial charge in [0.05, 0.1) is 0 Å². The van der Waals surface area contributed by atoms with Gasteiger partial charge in [0.1, 0.15) is 11.8 Å². The SMILES string of the molecule is CCCCNC(=O)[C@H](Cc1ccccc1)N(Cc1ccc(Cl)cc1)C(=O)COc1ccccc1C(C)(C)C. The van der Waals surface area contributed by atoms with Crippen molar-refractivity contribution in [3.8, 4) is 5.75 Å². The molecule has 0 fully saturated rings. The summed E-state index contributed by atoms with van der Waals surface area (Å²) in [6.07, 6.45) is 2.25. The summed E-state index contributed by atoms with van der Waals surface area (Å²) in [5.41, 5.74) is 2.75. The van der Waals surface area contributed by atoms with Crippen LogP contribution in [0.1, 0.15) is 57.2 Å². The molecule has 38 heavy (non-hydrogen) atoms. The van der Waals surface area contributed by atoms with Crippen molar-refractivity contribution in [2.45, 2.75) is 65.0 Å². The third-order valence-corrected chi connectivity index (χ3v) is 6.67. The lowest BCUT2D eigenvalue weighted by Gasteiger charge is -2.32. The van der Waals surface area contributed by atoms with Gasteiger partial charge in [0, 0.05) is 24.5 Å². The molecule has 202 valence electrons. The number of halogens is 1. The van der Waals surface area contributed by atoms with Crippen LogP contribution in [-0.2, 0) is 28.0 Å². The van der Waals surface area contributed by atoms with Crippen LogP contribution >= 0.6 is 11.6 Å². The van der Waals surface area contributed by atoms with Gasteiger partial charge in [-0.1, -0.05) is 106 Å². The molecule has 0 aliphatic rings. The second-order valence-corrected chi connectivity index (χ2v) is 11.0. The van der Waals surface area contributed by atoms with Crippen LogP contribution < -0.4 is 10.1 Å². The molecule has 0 aromatic heterocycles. The normalized spacial score (nSPS) is 12.0. The first kappa shape index (κ1) is 29.2. The highest BCUT2D eigenvalue weighted by atomic mass is 35.5. The van der Waals surface area contributed by atoms with Gasteiger partial charge in [-0.15, -0.1) is 0 Å². The molecule has 3 rings (SSSR count). The summed E-state index contributed by atoms with van der Waals surface area (Å²) in [7, 11) is 0. The first-order valence-electron chi connectivity index (χ1n) is 13.3. The maximum Gasteiger partial charge on any atom is 0.261 e. The fourth-order valence-corrected chi connectivity index (χ4v) is 4.41. The molecule has 0 aliphatic heterocycles. The van der Waals surface area contributed by atoms with Crippen molar-refractivity contribution in [3.05, 3.63) is 101 Å². The van der Waals surface area contributed by atoms with Gasteiger partial charge in [-0.25, -0.2) is 0 Å². The topological polar surface area (TPSA) is 58.6 Å². The van der Waals surface area contributed by atoms with Gasteiger partial charge in [0.15, 0.2) is 6.61 Å². The third kappa shape index (κ3) is 8.63. The molecule has 0 bridgehead atoms. The number of carbonyl (C=O) groups excluding carboxylic acids is 2. The summed E-state index contributed by atoms with van der Waals surface area (Å²) in [6.45, 7) is 9.07. The maximum atomic E-state index is 13.8. The quantitative estimate of drug-likeness (QED) is 0.267. The molecule has 0 aliphatic carbocycles. The van der Waals surface area contributed by atoms with E-state index in [0.29, 0.717) is 23.7 Å². The average Bonchev–Trinajstić information content (AvgIpc) is 2.90. The Hall–Kier alpha value is -3.31.